The Bertz CT molecular complexity index is 1040. The van der Waals surface area contributed by atoms with Crippen molar-refractivity contribution in [2.45, 2.75) is 54.2 Å². The number of hydrogen-bond donors (Lipinski definition) is 2. The number of carbonyl (C=O) groups excluding carboxylic acids is 1. The van der Waals surface area contributed by atoms with Crippen LogP contribution in [0.1, 0.15) is 43.6 Å². The maximum absolute atomic E-state index is 12.0. The van der Waals surface area contributed by atoms with Crippen LogP contribution in [0.2, 0.25) is 5.02 Å². The zero-order valence-electron chi connectivity index (χ0n) is 17.4. The summed E-state index contributed by atoms with van der Waals surface area (Å²) in [7, 11) is -3.39. The molecule has 1 aromatic carbocycles. The molecule has 2 heterocycles. The van der Waals surface area contributed by atoms with Crippen LogP contribution < -0.4 is 5.32 Å². The van der Waals surface area contributed by atoms with Crippen molar-refractivity contribution in [1.82, 2.24) is 5.32 Å². The van der Waals surface area contributed by atoms with Crippen molar-refractivity contribution < 1.29 is 18.3 Å². The standard InChI is InChI=1S/C22H27ClN2O4S2/c1-31(28,29)21-7-3-14(10-18(21)23)17(9-13-2-4-15(27)8-13)19-5-6-20(25-19)22-24-11-16(12-26)30-22/h3,6-7,10,13,16-17,19,25-26H,2,4-5,8-9,11-12H2,1H3. The van der Waals surface area contributed by atoms with Gasteiger partial charge in [-0.15, -0.1) is 0 Å². The first-order valence-corrected chi connectivity index (χ1v) is 13.7. The van der Waals surface area contributed by atoms with Crippen LogP contribution in [-0.2, 0) is 14.6 Å². The van der Waals surface area contributed by atoms with E-state index in [1.807, 2.05) is 6.07 Å². The SMILES string of the molecule is CS(=O)(=O)c1ccc(C(CC2CCC(=O)C2)C2CC=C(C3=NCC(CO)S3)N2)cc1Cl. The molecule has 0 aromatic heterocycles. The van der Waals surface area contributed by atoms with Crippen molar-refractivity contribution in [1.29, 1.82) is 0 Å². The normalized spacial score (nSPS) is 27.2. The summed E-state index contributed by atoms with van der Waals surface area (Å²) in [6.45, 7) is 0.730. The first-order chi connectivity index (χ1) is 14.7. The first-order valence-electron chi connectivity index (χ1n) is 10.5. The number of rotatable bonds is 7. The van der Waals surface area contributed by atoms with E-state index in [2.05, 4.69) is 16.4 Å². The molecule has 0 spiro atoms. The number of hydrogen-bond acceptors (Lipinski definition) is 7. The number of halogens is 1. The van der Waals surface area contributed by atoms with Gasteiger partial charge in [-0.2, -0.15) is 0 Å². The number of aliphatic hydroxyl groups excluding tert-OH is 1. The van der Waals surface area contributed by atoms with Crippen LogP contribution in [0.25, 0.3) is 0 Å². The van der Waals surface area contributed by atoms with Gasteiger partial charge in [-0.1, -0.05) is 35.5 Å². The van der Waals surface area contributed by atoms with Crippen molar-refractivity contribution in [3.63, 3.8) is 0 Å². The number of ketones is 1. The van der Waals surface area contributed by atoms with Crippen LogP contribution in [0.3, 0.4) is 0 Å². The molecule has 1 aliphatic carbocycles. The lowest BCUT2D eigenvalue weighted by molar-refractivity contribution is -0.117. The Morgan fingerprint density at radius 1 is 1.39 bits per heavy atom. The Morgan fingerprint density at radius 3 is 2.81 bits per heavy atom. The molecule has 0 bridgehead atoms. The summed E-state index contributed by atoms with van der Waals surface area (Å²) in [6.07, 6.45) is 7.12. The summed E-state index contributed by atoms with van der Waals surface area (Å²) in [5, 5.41) is 14.3. The molecule has 4 unspecified atom stereocenters. The second-order valence-electron chi connectivity index (χ2n) is 8.62. The number of aliphatic imine (C=N–C) groups is 1. The molecule has 0 amide bonds. The van der Waals surface area contributed by atoms with Gasteiger partial charge in [0.05, 0.1) is 34.0 Å². The zero-order valence-corrected chi connectivity index (χ0v) is 19.8. The molecular weight excluding hydrogens is 456 g/mol. The predicted molar refractivity (Wildman–Crippen MR) is 125 cm³/mol. The van der Waals surface area contributed by atoms with Crippen molar-refractivity contribution in [3.8, 4) is 0 Å². The summed E-state index contributed by atoms with van der Waals surface area (Å²) in [5.41, 5.74) is 1.98. The molecule has 1 fully saturated rings. The first kappa shape index (κ1) is 22.8. The number of nitrogens with one attached hydrogen (secondary N) is 1. The molecule has 4 rings (SSSR count). The smallest absolute Gasteiger partial charge is 0.176 e. The van der Waals surface area contributed by atoms with Gasteiger partial charge in [0.25, 0.3) is 0 Å². The third-order valence-electron chi connectivity index (χ3n) is 6.27. The molecule has 6 nitrogen and oxygen atoms in total. The van der Waals surface area contributed by atoms with E-state index in [1.54, 1.807) is 23.9 Å². The molecule has 3 aliphatic rings. The number of carbonyl (C=O) groups is 1. The van der Waals surface area contributed by atoms with E-state index in [4.69, 9.17) is 11.6 Å². The van der Waals surface area contributed by atoms with E-state index in [9.17, 15) is 18.3 Å². The van der Waals surface area contributed by atoms with Gasteiger partial charge in [-0.25, -0.2) is 8.42 Å². The third kappa shape index (κ3) is 5.18. The predicted octanol–water partition coefficient (Wildman–Crippen LogP) is 3.34. The second-order valence-corrected chi connectivity index (χ2v) is 12.3. The number of nitrogens with zero attached hydrogens (tertiary/aromatic N) is 1. The van der Waals surface area contributed by atoms with Crippen molar-refractivity contribution in [3.05, 3.63) is 40.6 Å². The van der Waals surface area contributed by atoms with Gasteiger partial charge < -0.3 is 10.4 Å². The summed E-state index contributed by atoms with van der Waals surface area (Å²) < 4.78 is 23.9. The number of benzene rings is 1. The number of thioether (sulfide) groups is 1. The minimum atomic E-state index is -3.39. The maximum Gasteiger partial charge on any atom is 0.176 e. The highest BCUT2D eigenvalue weighted by atomic mass is 35.5. The van der Waals surface area contributed by atoms with E-state index in [1.165, 1.54) is 0 Å². The van der Waals surface area contributed by atoms with Crippen molar-refractivity contribution >= 4 is 44.0 Å². The zero-order chi connectivity index (χ0) is 22.2. The molecular formula is C22H27ClN2O4S2. The van der Waals surface area contributed by atoms with Gasteiger partial charge in [0.1, 0.15) is 10.8 Å². The van der Waals surface area contributed by atoms with Gasteiger partial charge in [0, 0.05) is 31.1 Å². The van der Waals surface area contributed by atoms with E-state index in [0.29, 0.717) is 31.1 Å². The van der Waals surface area contributed by atoms with E-state index in [0.717, 1.165) is 41.8 Å². The lowest BCUT2D eigenvalue weighted by Gasteiger charge is -2.28. The van der Waals surface area contributed by atoms with Crippen LogP contribution in [0, 0.1) is 5.92 Å². The molecule has 0 radical (unpaired) electrons. The molecule has 2 N–H and O–H groups in total. The second kappa shape index (κ2) is 9.25. The minimum Gasteiger partial charge on any atom is -0.395 e. The Morgan fingerprint density at radius 2 is 2.19 bits per heavy atom. The maximum atomic E-state index is 12.0. The lowest BCUT2D eigenvalue weighted by Crippen LogP contribution is -2.32. The van der Waals surface area contributed by atoms with Gasteiger partial charge in [-0.05, 0) is 42.9 Å². The summed E-state index contributed by atoms with van der Waals surface area (Å²) >= 11 is 7.95. The fourth-order valence-corrected chi connectivity index (χ4v) is 6.97. The summed E-state index contributed by atoms with van der Waals surface area (Å²) in [6, 6.07) is 5.32. The Labute approximate surface area is 192 Å². The molecule has 1 aromatic rings. The molecule has 4 atom stereocenters. The van der Waals surface area contributed by atoms with E-state index >= 15 is 0 Å². The minimum absolute atomic E-state index is 0.0939. The van der Waals surface area contributed by atoms with Crippen LogP contribution in [0.15, 0.2) is 39.9 Å². The lowest BCUT2D eigenvalue weighted by atomic mass is 9.82. The highest BCUT2D eigenvalue weighted by Gasteiger charge is 2.34. The van der Waals surface area contributed by atoms with Crippen molar-refractivity contribution in [2.75, 3.05) is 19.4 Å². The monoisotopic (exact) mass is 482 g/mol. The van der Waals surface area contributed by atoms with Gasteiger partial charge >= 0.3 is 0 Å². The fourth-order valence-electron chi connectivity index (χ4n) is 4.67. The van der Waals surface area contributed by atoms with E-state index in [-0.39, 0.29) is 33.7 Å². The fraction of sp³-hybridized carbons (Fsp3) is 0.545. The van der Waals surface area contributed by atoms with Crippen LogP contribution in [0.5, 0.6) is 0 Å². The molecule has 9 heteroatoms. The van der Waals surface area contributed by atoms with Gasteiger partial charge in [0.15, 0.2) is 9.84 Å². The summed E-state index contributed by atoms with van der Waals surface area (Å²) in [4.78, 5) is 16.5. The largest absolute Gasteiger partial charge is 0.395 e. The van der Waals surface area contributed by atoms with E-state index < -0.39 is 9.84 Å². The highest BCUT2D eigenvalue weighted by Crippen LogP contribution is 2.39. The van der Waals surface area contributed by atoms with Crippen LogP contribution >= 0.6 is 23.4 Å². The van der Waals surface area contributed by atoms with Crippen LogP contribution in [0.4, 0.5) is 0 Å². The van der Waals surface area contributed by atoms with Gasteiger partial charge in [0.2, 0.25) is 0 Å². The topological polar surface area (TPSA) is 95.8 Å². The Balaban J connectivity index is 1.56. The Kier molecular flexibility index (Phi) is 6.82. The molecule has 168 valence electrons. The van der Waals surface area contributed by atoms with Gasteiger partial charge in [-0.3, -0.25) is 9.79 Å². The Hall–Kier alpha value is -1.35. The average molecular weight is 483 g/mol. The number of Topliss-reactive ketones (excluding diaryl/α,β-unsaturated/α-hetero) is 1. The molecule has 0 saturated heterocycles. The molecule has 1 saturated carbocycles. The number of sulfone groups is 1. The molecule has 2 aliphatic heterocycles. The third-order valence-corrected chi connectivity index (χ3v) is 9.06. The van der Waals surface area contributed by atoms with Crippen molar-refractivity contribution in [2.24, 2.45) is 10.9 Å². The summed E-state index contributed by atoms with van der Waals surface area (Å²) in [5.74, 6) is 0.740. The number of aliphatic hydroxyl groups is 1. The average Bonchev–Trinajstić information content (AvgIpc) is 3.45. The quantitative estimate of drug-likeness (QED) is 0.618. The highest BCUT2D eigenvalue weighted by molar-refractivity contribution is 8.15. The molecule has 31 heavy (non-hydrogen) atoms. The van der Waals surface area contributed by atoms with Crippen LogP contribution in [-0.4, -0.2) is 55.1 Å².